The van der Waals surface area contributed by atoms with Gasteiger partial charge in [0.2, 0.25) is 0 Å². The van der Waals surface area contributed by atoms with Crippen LogP contribution in [-0.2, 0) is 4.79 Å². The molecule has 6 aliphatic rings. The molecule has 4 saturated carbocycles. The van der Waals surface area contributed by atoms with E-state index < -0.39 is 0 Å². The summed E-state index contributed by atoms with van der Waals surface area (Å²) in [6.45, 7) is 8.19. The molecular formula is C38H61N3O2U. The van der Waals surface area contributed by atoms with E-state index in [-0.39, 0.29) is 44.6 Å². The molecule has 0 amide bonds. The van der Waals surface area contributed by atoms with E-state index in [2.05, 4.69) is 60.4 Å². The third-order valence-electron chi connectivity index (χ3n) is 13.7. The first-order valence-corrected chi connectivity index (χ1v) is 17.7. The number of hydrogen-bond donors (Lipinski definition) is 4. The van der Waals surface area contributed by atoms with Gasteiger partial charge >= 0.3 is 31.1 Å². The summed E-state index contributed by atoms with van der Waals surface area (Å²) in [6, 6.07) is 0.935. The second-order valence-electron chi connectivity index (χ2n) is 15.3. The van der Waals surface area contributed by atoms with Crippen LogP contribution < -0.4 is 16.0 Å². The fourth-order valence-electron chi connectivity index (χ4n) is 11.8. The number of fused-ring (bicyclic) bond motifs is 6. The normalized spacial score (nSPS) is 44.3. The molecule has 12 atom stereocenters. The van der Waals surface area contributed by atoms with Gasteiger partial charge in [-0.2, -0.15) is 6.42 Å². The average molecular weight is 830 g/mol. The second kappa shape index (κ2) is 16.1. The van der Waals surface area contributed by atoms with Gasteiger partial charge in [0, 0.05) is 12.6 Å². The molecule has 6 heteroatoms. The summed E-state index contributed by atoms with van der Waals surface area (Å²) in [5, 5.41) is 22.8. The third kappa shape index (κ3) is 7.06. The van der Waals surface area contributed by atoms with Crippen LogP contribution in [0.5, 0.6) is 0 Å². The van der Waals surface area contributed by atoms with E-state index in [9.17, 15) is 9.90 Å². The first-order valence-electron chi connectivity index (χ1n) is 17.7. The molecule has 0 aromatic carbocycles. The van der Waals surface area contributed by atoms with Crippen LogP contribution >= 0.6 is 0 Å². The molecule has 244 valence electrons. The first-order chi connectivity index (χ1) is 20.5. The zero-order valence-corrected chi connectivity index (χ0v) is 32.1. The van der Waals surface area contributed by atoms with Crippen molar-refractivity contribution in [3.63, 3.8) is 0 Å². The van der Waals surface area contributed by atoms with Gasteiger partial charge in [0.05, 0.1) is 12.1 Å². The smallest absolute Gasteiger partial charge is 0.542 e. The Morgan fingerprint density at radius 2 is 1.89 bits per heavy atom. The summed E-state index contributed by atoms with van der Waals surface area (Å²) in [5.74, 6) is 4.64. The van der Waals surface area contributed by atoms with Crippen LogP contribution in [0.1, 0.15) is 97.3 Å². The van der Waals surface area contributed by atoms with Crippen molar-refractivity contribution in [2.24, 2.45) is 52.3 Å². The molecule has 5 aliphatic carbocycles. The maximum Gasteiger partial charge on any atom is 2.00 e. The van der Waals surface area contributed by atoms with E-state index in [4.69, 9.17) is 0 Å². The fourth-order valence-corrected chi connectivity index (χ4v) is 11.8. The molecule has 0 bridgehead atoms. The van der Waals surface area contributed by atoms with Gasteiger partial charge in [0.25, 0.3) is 0 Å². The molecule has 1 heterocycles. The Hall–Kier alpha value is -0.378. The number of nitrogens with one attached hydrogen (secondary N) is 3. The van der Waals surface area contributed by atoms with Gasteiger partial charge in [-0.3, -0.25) is 6.29 Å². The van der Waals surface area contributed by atoms with Crippen LogP contribution in [0.15, 0.2) is 36.6 Å². The molecule has 0 aromatic rings. The van der Waals surface area contributed by atoms with Gasteiger partial charge < -0.3 is 33.3 Å². The van der Waals surface area contributed by atoms with E-state index in [1.165, 1.54) is 57.8 Å². The van der Waals surface area contributed by atoms with Crippen LogP contribution in [0, 0.1) is 90.8 Å². The Kier molecular flexibility index (Phi) is 13.4. The van der Waals surface area contributed by atoms with Crippen LogP contribution in [-0.4, -0.2) is 49.2 Å². The van der Waals surface area contributed by atoms with Crippen molar-refractivity contribution in [3.05, 3.63) is 44.0 Å². The molecule has 1 aliphatic heterocycles. The zero-order chi connectivity index (χ0) is 29.2. The van der Waals surface area contributed by atoms with Crippen LogP contribution in [0.3, 0.4) is 0 Å². The quantitative estimate of drug-likeness (QED) is 0.109. The van der Waals surface area contributed by atoms with Crippen molar-refractivity contribution >= 4 is 6.29 Å². The van der Waals surface area contributed by atoms with Crippen molar-refractivity contribution in [2.75, 3.05) is 19.6 Å². The topological polar surface area (TPSA) is 73.4 Å². The minimum Gasteiger partial charge on any atom is -0.542 e. The minimum absolute atomic E-state index is 0. The van der Waals surface area contributed by atoms with E-state index in [0.717, 1.165) is 50.7 Å². The van der Waals surface area contributed by atoms with Crippen molar-refractivity contribution in [2.45, 2.75) is 116 Å². The fraction of sp³-hybridized carbons (Fsp3) is 0.789. The Morgan fingerprint density at radius 1 is 1.05 bits per heavy atom. The first kappa shape index (κ1) is 36.5. The summed E-state index contributed by atoms with van der Waals surface area (Å²) in [7, 11) is 0. The van der Waals surface area contributed by atoms with Gasteiger partial charge in [-0.05, 0) is 148 Å². The number of rotatable bonds is 11. The van der Waals surface area contributed by atoms with Gasteiger partial charge in [0.15, 0.2) is 0 Å². The molecule has 0 aromatic heterocycles. The molecule has 1 spiro atoms. The molecule has 0 saturated heterocycles. The number of carbonyl (C=O) groups excluding carboxylic acids is 1. The van der Waals surface area contributed by atoms with Crippen molar-refractivity contribution in [1.82, 2.24) is 16.0 Å². The maximum atomic E-state index is 11.9. The largest absolute Gasteiger partial charge is 2.00 e. The van der Waals surface area contributed by atoms with Gasteiger partial charge in [-0.25, -0.2) is 0 Å². The Bertz CT molecular complexity index is 1020. The van der Waals surface area contributed by atoms with Crippen LogP contribution in [0.4, 0.5) is 0 Å². The minimum atomic E-state index is -0.142. The third-order valence-corrected chi connectivity index (χ3v) is 13.7. The van der Waals surface area contributed by atoms with Crippen molar-refractivity contribution < 1.29 is 41.0 Å². The number of allylic oxidation sites excluding steroid dienone is 3. The summed E-state index contributed by atoms with van der Waals surface area (Å²) >= 11 is 0. The molecule has 4 fully saturated rings. The van der Waals surface area contributed by atoms with Gasteiger partial charge in [-0.1, -0.05) is 44.6 Å². The zero-order valence-electron chi connectivity index (χ0n) is 27.9. The monoisotopic (exact) mass is 830 g/mol. The molecule has 0 radical (unpaired) electrons. The summed E-state index contributed by atoms with van der Waals surface area (Å²) in [4.78, 5) is 11.1. The predicted octanol–water partition coefficient (Wildman–Crippen LogP) is 6.52. The number of hydrogen-bond acceptors (Lipinski definition) is 5. The van der Waals surface area contributed by atoms with E-state index in [0.29, 0.717) is 58.9 Å². The second-order valence-corrected chi connectivity index (χ2v) is 15.3. The average Bonchev–Trinajstić information content (AvgIpc) is 3.40. The Balaban J connectivity index is 0.00000221. The van der Waals surface area contributed by atoms with Gasteiger partial charge in [-0.15, -0.1) is 0 Å². The van der Waals surface area contributed by atoms with Crippen molar-refractivity contribution in [3.8, 4) is 0 Å². The summed E-state index contributed by atoms with van der Waals surface area (Å²) in [5.41, 5.74) is 0.760. The van der Waals surface area contributed by atoms with Crippen LogP contribution in [0.25, 0.3) is 0 Å². The standard InChI is InChI=1S/C37H58N3O2.CH3.U/c1-26-32(14-10-22-41)37(26)18-16-33-35-31(15-17-36(33,37)2)30-13-5-3-4-11-28(23-27(30)24-34(35)42)39-21-9-8-19-38-25-29-12-6-7-20-40-29;;/h3-4,6-7,12,20,26-35,38-40,42H,5,8-11,13-19,21,23-25H2,1-2H3;1H3;/q2*-1;+2/b4-3+;;/t26-,27-,28-,29?,30-,31?,32?,33?,34-,35?,36+,37-;;/m1../s1. The molecule has 44 heavy (non-hydrogen) atoms. The van der Waals surface area contributed by atoms with E-state index >= 15 is 0 Å². The molecule has 4 N–H and O–H groups in total. The molecule has 5 nitrogen and oxygen atoms in total. The Labute approximate surface area is 293 Å². The number of dihydropyridines is 1. The molecule has 6 rings (SSSR count). The Morgan fingerprint density at radius 3 is 2.68 bits per heavy atom. The van der Waals surface area contributed by atoms with Gasteiger partial charge in [0.1, 0.15) is 0 Å². The summed E-state index contributed by atoms with van der Waals surface area (Å²) < 4.78 is 0. The number of aliphatic hydroxyl groups excluding tert-OH is 1. The summed E-state index contributed by atoms with van der Waals surface area (Å²) in [6.07, 6.45) is 30.5. The number of unbranched alkanes of at least 4 members (excludes halogenated alkanes) is 1. The van der Waals surface area contributed by atoms with Crippen LogP contribution in [0.2, 0.25) is 0 Å². The SMILES string of the molecule is C[C@@H]1C(CC[C-]=O)[C@@]12CCC1C3C(CC[C@@]12C)[C@@H]1CC/C=C/C[C@@H](NCCCCNCC2C=CC=CN2)C[C@@H]1C[C@H]3O.[CH3-].[U+2]. The predicted molar refractivity (Wildman–Crippen MR) is 178 cm³/mol. The van der Waals surface area contributed by atoms with Crippen molar-refractivity contribution in [1.29, 1.82) is 0 Å². The van der Waals surface area contributed by atoms with E-state index in [1.807, 2.05) is 12.3 Å². The molecule has 5 unspecified atom stereocenters. The maximum absolute atomic E-state index is 11.9. The van der Waals surface area contributed by atoms with E-state index in [1.54, 1.807) is 0 Å². The molecular weight excluding hydrogens is 768 g/mol. The number of aliphatic hydroxyl groups is 1.